The first-order valence-electron chi connectivity index (χ1n) is 11.8. The van der Waals surface area contributed by atoms with E-state index in [1.54, 1.807) is 0 Å². The number of anilines is 2. The maximum Gasteiger partial charge on any atom is 0.228 e. The average molecular weight is 457 g/mol. The van der Waals surface area contributed by atoms with Gasteiger partial charge in [-0.05, 0) is 47.0 Å². The molecule has 1 amide bonds. The zero-order valence-electron chi connectivity index (χ0n) is 19.1. The molecule has 0 unspecified atom stereocenters. The highest BCUT2D eigenvalue weighted by Crippen LogP contribution is 2.31. The molecule has 2 N–H and O–H groups in total. The fourth-order valence-corrected chi connectivity index (χ4v) is 4.71. The summed E-state index contributed by atoms with van der Waals surface area (Å²) in [5.41, 5.74) is 6.13. The number of carbonyl (C=O) groups excluding carboxylic acids is 1. The number of nitrogens with one attached hydrogen (secondary N) is 2. The quantitative estimate of drug-likeness (QED) is 0.327. The van der Waals surface area contributed by atoms with Gasteiger partial charge in [0.05, 0.1) is 11.9 Å². The maximum absolute atomic E-state index is 11.8. The Morgan fingerprint density at radius 1 is 0.800 bits per heavy atom. The van der Waals surface area contributed by atoms with Crippen molar-refractivity contribution >= 4 is 28.3 Å². The largest absolute Gasteiger partial charge is 0.368 e. The molecule has 170 valence electrons. The number of amides is 1. The minimum absolute atomic E-state index is 0.0202. The van der Waals surface area contributed by atoms with Crippen LogP contribution in [0, 0.1) is 0 Å². The van der Waals surface area contributed by atoms with Gasteiger partial charge in [0.1, 0.15) is 5.82 Å². The molecule has 5 nitrogen and oxygen atoms in total. The lowest BCUT2D eigenvalue weighted by molar-refractivity contribution is -0.115. The Morgan fingerprint density at radius 2 is 1.49 bits per heavy atom. The van der Waals surface area contributed by atoms with E-state index >= 15 is 0 Å². The maximum atomic E-state index is 11.8. The molecule has 0 fully saturated rings. The first kappa shape index (κ1) is 21.1. The van der Waals surface area contributed by atoms with E-state index in [0.29, 0.717) is 18.8 Å². The molecule has 35 heavy (non-hydrogen) atoms. The number of nitrogens with zero attached hydrogens (tertiary/aromatic N) is 2. The molecule has 1 aromatic heterocycles. The molecule has 6 rings (SSSR count). The summed E-state index contributed by atoms with van der Waals surface area (Å²) in [6.07, 6.45) is 0.387. The second-order valence-electron chi connectivity index (χ2n) is 8.76. The lowest BCUT2D eigenvalue weighted by Gasteiger charge is -2.20. The molecule has 2 heterocycles. The molecule has 0 aliphatic carbocycles. The van der Waals surface area contributed by atoms with Gasteiger partial charge >= 0.3 is 0 Å². The summed E-state index contributed by atoms with van der Waals surface area (Å²) in [7, 11) is 0. The van der Waals surface area contributed by atoms with Crippen molar-refractivity contribution in [3.63, 3.8) is 0 Å². The topological polar surface area (TPSA) is 66.9 Å². The highest BCUT2D eigenvalue weighted by molar-refractivity contribution is 5.99. The molecule has 5 aromatic rings. The van der Waals surface area contributed by atoms with Crippen LogP contribution in [0.15, 0.2) is 103 Å². The van der Waals surface area contributed by atoms with Crippen LogP contribution in [0.5, 0.6) is 0 Å². The molecule has 1 aliphatic heterocycles. The van der Waals surface area contributed by atoms with Crippen LogP contribution < -0.4 is 10.6 Å². The van der Waals surface area contributed by atoms with Gasteiger partial charge in [-0.25, -0.2) is 9.97 Å². The summed E-state index contributed by atoms with van der Waals surface area (Å²) in [5, 5.41) is 7.51. The fourth-order valence-electron chi connectivity index (χ4n) is 4.71. The van der Waals surface area contributed by atoms with E-state index < -0.39 is 0 Å². The predicted octanol–water partition coefficient (Wildman–Crippen LogP) is 6.04. The molecule has 0 saturated carbocycles. The number of fused-ring (bicyclic) bond motifs is 2. The molecule has 0 bridgehead atoms. The van der Waals surface area contributed by atoms with Gasteiger partial charge in [0.25, 0.3) is 0 Å². The molecule has 4 aromatic carbocycles. The number of carbonyl (C=O) groups is 1. The van der Waals surface area contributed by atoms with Crippen molar-refractivity contribution in [1.29, 1.82) is 0 Å². The van der Waals surface area contributed by atoms with E-state index in [1.807, 2.05) is 54.6 Å². The Bertz CT molecular complexity index is 1480. The zero-order valence-corrected chi connectivity index (χ0v) is 19.1. The monoisotopic (exact) mass is 456 g/mol. The standard InChI is InChI=1S/C30H24N4O/c35-28-18-23-17-22(15-16-26(23)32-28)29-33-27-14-8-7-13-24(27)30(34-29)31-19-25(20-9-3-1-4-10-20)21-11-5-2-6-12-21/h1-17,25H,18-19H2,(H,32,35)(H,31,33,34). The van der Waals surface area contributed by atoms with Crippen molar-refractivity contribution in [2.24, 2.45) is 0 Å². The number of hydrogen-bond acceptors (Lipinski definition) is 4. The summed E-state index contributed by atoms with van der Waals surface area (Å²) in [6, 6.07) is 35.1. The van der Waals surface area contributed by atoms with Gasteiger partial charge in [0.15, 0.2) is 5.82 Å². The summed E-state index contributed by atoms with van der Waals surface area (Å²) >= 11 is 0. The average Bonchev–Trinajstić information content (AvgIpc) is 3.29. The lowest BCUT2D eigenvalue weighted by atomic mass is 9.91. The van der Waals surface area contributed by atoms with Gasteiger partial charge in [-0.3, -0.25) is 4.79 Å². The van der Waals surface area contributed by atoms with Crippen LogP contribution in [0.3, 0.4) is 0 Å². The molecule has 0 atom stereocenters. The number of rotatable bonds is 6. The van der Waals surface area contributed by atoms with Crippen molar-refractivity contribution in [2.75, 3.05) is 17.2 Å². The molecule has 0 saturated heterocycles. The van der Waals surface area contributed by atoms with Crippen molar-refractivity contribution in [2.45, 2.75) is 12.3 Å². The number of hydrogen-bond donors (Lipinski definition) is 2. The van der Waals surface area contributed by atoms with Crippen molar-refractivity contribution in [3.05, 3.63) is 120 Å². The molecular formula is C30H24N4O. The third-order valence-corrected chi connectivity index (χ3v) is 6.47. The van der Waals surface area contributed by atoms with Crippen LogP contribution in [0.2, 0.25) is 0 Å². The van der Waals surface area contributed by atoms with Gasteiger partial charge in [-0.15, -0.1) is 0 Å². The highest BCUT2D eigenvalue weighted by Gasteiger charge is 2.20. The number of para-hydroxylation sites is 1. The van der Waals surface area contributed by atoms with Gasteiger partial charge in [0.2, 0.25) is 5.91 Å². The van der Waals surface area contributed by atoms with Crippen LogP contribution in [0.4, 0.5) is 11.5 Å². The minimum Gasteiger partial charge on any atom is -0.368 e. The second kappa shape index (κ2) is 9.03. The van der Waals surface area contributed by atoms with Crippen LogP contribution in [0.25, 0.3) is 22.3 Å². The van der Waals surface area contributed by atoms with Gasteiger partial charge in [-0.1, -0.05) is 72.8 Å². The summed E-state index contributed by atoms with van der Waals surface area (Å²) in [5.74, 6) is 1.64. The Morgan fingerprint density at radius 3 is 2.23 bits per heavy atom. The van der Waals surface area contributed by atoms with Crippen molar-refractivity contribution in [3.8, 4) is 11.4 Å². The first-order valence-corrected chi connectivity index (χ1v) is 11.8. The molecule has 1 aliphatic rings. The normalized spacial score (nSPS) is 12.5. The fraction of sp³-hybridized carbons (Fsp3) is 0.100. The van der Waals surface area contributed by atoms with E-state index in [0.717, 1.165) is 33.5 Å². The molecule has 0 radical (unpaired) electrons. The lowest BCUT2D eigenvalue weighted by Crippen LogP contribution is -2.15. The van der Waals surface area contributed by atoms with Crippen LogP contribution in [0.1, 0.15) is 22.6 Å². The first-order chi connectivity index (χ1) is 17.2. The Kier molecular flexibility index (Phi) is 5.43. The van der Waals surface area contributed by atoms with Crippen molar-refractivity contribution < 1.29 is 4.79 Å². The predicted molar refractivity (Wildman–Crippen MR) is 141 cm³/mol. The van der Waals surface area contributed by atoms with Gasteiger partial charge in [0, 0.05) is 29.1 Å². The van der Waals surface area contributed by atoms with E-state index in [1.165, 1.54) is 11.1 Å². The van der Waals surface area contributed by atoms with Crippen LogP contribution in [-0.2, 0) is 11.2 Å². The minimum atomic E-state index is 0.0202. The SMILES string of the molecule is O=C1Cc2cc(-c3nc(NCC(c4ccccc4)c4ccccc4)c4ccccc4n3)ccc2N1. The molecule has 5 heteroatoms. The van der Waals surface area contributed by atoms with E-state index in [-0.39, 0.29) is 11.8 Å². The van der Waals surface area contributed by atoms with Crippen molar-refractivity contribution in [1.82, 2.24) is 9.97 Å². The summed E-state index contributed by atoms with van der Waals surface area (Å²) < 4.78 is 0. The number of benzene rings is 4. The third-order valence-electron chi connectivity index (χ3n) is 6.47. The second-order valence-corrected chi connectivity index (χ2v) is 8.76. The number of aromatic nitrogens is 2. The smallest absolute Gasteiger partial charge is 0.228 e. The van der Waals surface area contributed by atoms with E-state index in [9.17, 15) is 4.79 Å². The summed E-state index contributed by atoms with van der Waals surface area (Å²) in [6.45, 7) is 0.692. The van der Waals surface area contributed by atoms with Gasteiger partial charge in [-0.2, -0.15) is 0 Å². The third kappa shape index (κ3) is 4.24. The van der Waals surface area contributed by atoms with Crippen LogP contribution in [-0.4, -0.2) is 22.4 Å². The van der Waals surface area contributed by atoms with Gasteiger partial charge < -0.3 is 10.6 Å². The van der Waals surface area contributed by atoms with Crippen LogP contribution >= 0.6 is 0 Å². The highest BCUT2D eigenvalue weighted by atomic mass is 16.1. The summed E-state index contributed by atoms with van der Waals surface area (Å²) in [4.78, 5) is 21.6. The Labute approximate surface area is 203 Å². The Balaban J connectivity index is 1.38. The Hall–Kier alpha value is -4.51. The zero-order chi connectivity index (χ0) is 23.6. The van der Waals surface area contributed by atoms with E-state index in [4.69, 9.17) is 9.97 Å². The molecule has 0 spiro atoms. The van der Waals surface area contributed by atoms with E-state index in [2.05, 4.69) is 59.2 Å². The molecular weight excluding hydrogens is 432 g/mol.